The van der Waals surface area contributed by atoms with Gasteiger partial charge in [-0.1, -0.05) is 31.2 Å². The van der Waals surface area contributed by atoms with Crippen LogP contribution in [0.15, 0.2) is 52.9 Å². The number of aryl methyl sites for hydroxylation is 3. The van der Waals surface area contributed by atoms with Crippen molar-refractivity contribution >= 4 is 16.6 Å². The molecule has 30 heavy (non-hydrogen) atoms. The van der Waals surface area contributed by atoms with Crippen molar-refractivity contribution in [3.8, 4) is 11.5 Å². The molecule has 2 aromatic carbocycles. The largest absolute Gasteiger partial charge is 0.441 e. The van der Waals surface area contributed by atoms with Crippen molar-refractivity contribution in [2.24, 2.45) is 0 Å². The molecule has 1 aromatic heterocycles. The molecule has 0 aliphatic rings. The van der Waals surface area contributed by atoms with Crippen molar-refractivity contribution in [1.82, 2.24) is 4.98 Å². The molecule has 0 N–H and O–H groups in total. The maximum atomic E-state index is 12.9. The number of benzene rings is 2. The number of aromatic nitrogens is 1. The van der Waals surface area contributed by atoms with Crippen molar-refractivity contribution in [2.75, 3.05) is 5.75 Å². The molecule has 158 valence electrons. The number of carbonyl (C=O) groups is 1. The van der Waals surface area contributed by atoms with Gasteiger partial charge in [0, 0.05) is 22.8 Å². The number of carbonyl (C=O) groups excluding carboxylic acids is 1. The highest BCUT2D eigenvalue weighted by molar-refractivity contribution is 7.84. The molecule has 0 fully saturated rings. The summed E-state index contributed by atoms with van der Waals surface area (Å²) in [7, 11) is -1.33. The Hall–Kier alpha value is -2.60. The summed E-state index contributed by atoms with van der Waals surface area (Å²) in [5.41, 5.74) is 3.73. The van der Waals surface area contributed by atoms with Gasteiger partial charge in [-0.15, -0.1) is 0 Å². The number of halogens is 1. The number of nitrogens with zero attached hydrogens (tertiary/aromatic N) is 1. The second-order valence-corrected chi connectivity index (χ2v) is 8.78. The standard InChI is InChI=1S/C24H26FNO3S/c1-3-18-7-11-20(12-8-18)24-26-23(17(2)29-24)16-30(28)15-22(27)6-4-5-19-9-13-21(25)14-10-19/h7-14H,3-6,15-16H2,1-2H3. The van der Waals surface area contributed by atoms with Gasteiger partial charge >= 0.3 is 0 Å². The zero-order chi connectivity index (χ0) is 21.5. The zero-order valence-electron chi connectivity index (χ0n) is 17.3. The summed E-state index contributed by atoms with van der Waals surface area (Å²) < 4.78 is 31.1. The number of rotatable bonds is 10. The van der Waals surface area contributed by atoms with E-state index in [-0.39, 0.29) is 23.1 Å². The second kappa shape index (κ2) is 10.4. The van der Waals surface area contributed by atoms with Gasteiger partial charge in [0.25, 0.3) is 0 Å². The van der Waals surface area contributed by atoms with Crippen LogP contribution in [0.4, 0.5) is 4.39 Å². The lowest BCUT2D eigenvalue weighted by atomic mass is 10.1. The van der Waals surface area contributed by atoms with Gasteiger partial charge in [-0.05, 0) is 61.6 Å². The summed E-state index contributed by atoms with van der Waals surface area (Å²) in [5.74, 6) is 1.04. The van der Waals surface area contributed by atoms with E-state index in [1.807, 2.05) is 24.3 Å². The van der Waals surface area contributed by atoms with E-state index in [0.29, 0.717) is 36.6 Å². The molecule has 0 saturated carbocycles. The molecule has 0 radical (unpaired) electrons. The van der Waals surface area contributed by atoms with E-state index in [2.05, 4.69) is 11.9 Å². The Balaban J connectivity index is 1.49. The van der Waals surface area contributed by atoms with Gasteiger partial charge in [-0.25, -0.2) is 9.37 Å². The van der Waals surface area contributed by atoms with Crippen LogP contribution in [0, 0.1) is 12.7 Å². The van der Waals surface area contributed by atoms with Crippen molar-refractivity contribution < 1.29 is 17.8 Å². The lowest BCUT2D eigenvalue weighted by molar-refractivity contribution is -0.116. The summed E-state index contributed by atoms with van der Waals surface area (Å²) in [5, 5.41) is 0. The van der Waals surface area contributed by atoms with Gasteiger partial charge in [0.1, 0.15) is 17.4 Å². The average molecular weight is 428 g/mol. The molecular formula is C24H26FNO3S. The highest BCUT2D eigenvalue weighted by atomic mass is 32.2. The first-order chi connectivity index (χ1) is 14.4. The lowest BCUT2D eigenvalue weighted by Crippen LogP contribution is -2.12. The third kappa shape index (κ3) is 6.20. The van der Waals surface area contributed by atoms with Crippen LogP contribution < -0.4 is 0 Å². The van der Waals surface area contributed by atoms with Crippen molar-refractivity contribution in [3.05, 3.63) is 76.9 Å². The fraction of sp³-hybridized carbons (Fsp3) is 0.333. The Morgan fingerprint density at radius 2 is 1.73 bits per heavy atom. The van der Waals surface area contributed by atoms with E-state index in [0.717, 1.165) is 17.5 Å². The van der Waals surface area contributed by atoms with Crippen molar-refractivity contribution in [1.29, 1.82) is 0 Å². The molecule has 6 heteroatoms. The minimum Gasteiger partial charge on any atom is -0.441 e. The predicted molar refractivity (Wildman–Crippen MR) is 117 cm³/mol. The Morgan fingerprint density at radius 3 is 2.40 bits per heavy atom. The van der Waals surface area contributed by atoms with Crippen LogP contribution in [0.1, 0.15) is 42.3 Å². The maximum absolute atomic E-state index is 12.9. The van der Waals surface area contributed by atoms with E-state index < -0.39 is 10.8 Å². The van der Waals surface area contributed by atoms with Gasteiger partial charge < -0.3 is 4.42 Å². The summed E-state index contributed by atoms with van der Waals surface area (Å²) in [6.45, 7) is 3.90. The molecule has 3 rings (SSSR count). The van der Waals surface area contributed by atoms with E-state index in [4.69, 9.17) is 4.42 Å². The first kappa shape index (κ1) is 22.1. The quantitative estimate of drug-likeness (QED) is 0.447. The molecular weight excluding hydrogens is 401 g/mol. The maximum Gasteiger partial charge on any atom is 0.226 e. The van der Waals surface area contributed by atoms with E-state index in [9.17, 15) is 13.4 Å². The highest BCUT2D eigenvalue weighted by Gasteiger charge is 2.16. The smallest absolute Gasteiger partial charge is 0.226 e. The third-order valence-electron chi connectivity index (χ3n) is 4.96. The summed E-state index contributed by atoms with van der Waals surface area (Å²) >= 11 is 0. The number of hydrogen-bond donors (Lipinski definition) is 0. The molecule has 3 aromatic rings. The normalized spacial score (nSPS) is 12.1. The number of Topliss-reactive ketones (excluding diaryl/α,β-unsaturated/α-hetero) is 1. The van der Waals surface area contributed by atoms with Crippen LogP contribution in [-0.4, -0.2) is 20.7 Å². The van der Waals surface area contributed by atoms with E-state index >= 15 is 0 Å². The molecule has 1 heterocycles. The third-order valence-corrected chi connectivity index (χ3v) is 6.20. The van der Waals surface area contributed by atoms with Gasteiger partial charge in [0.15, 0.2) is 0 Å². The van der Waals surface area contributed by atoms with Crippen molar-refractivity contribution in [2.45, 2.75) is 45.3 Å². The fourth-order valence-electron chi connectivity index (χ4n) is 3.16. The number of oxazole rings is 1. The molecule has 0 spiro atoms. The summed E-state index contributed by atoms with van der Waals surface area (Å²) in [6, 6.07) is 14.3. The lowest BCUT2D eigenvalue weighted by Gasteiger charge is -2.02. The molecule has 0 bridgehead atoms. The zero-order valence-corrected chi connectivity index (χ0v) is 18.1. The van der Waals surface area contributed by atoms with Crippen LogP contribution in [0.3, 0.4) is 0 Å². The minimum atomic E-state index is -1.33. The molecule has 0 saturated heterocycles. The van der Waals surface area contributed by atoms with Crippen molar-refractivity contribution in [3.63, 3.8) is 0 Å². The van der Waals surface area contributed by atoms with E-state index in [1.54, 1.807) is 19.1 Å². The number of hydrogen-bond acceptors (Lipinski definition) is 4. The van der Waals surface area contributed by atoms with E-state index in [1.165, 1.54) is 17.7 Å². The molecule has 4 nitrogen and oxygen atoms in total. The summed E-state index contributed by atoms with van der Waals surface area (Å²) in [4.78, 5) is 16.7. The fourth-order valence-corrected chi connectivity index (χ4v) is 4.34. The summed E-state index contributed by atoms with van der Waals surface area (Å²) in [6.07, 6.45) is 2.67. The highest BCUT2D eigenvalue weighted by Crippen LogP contribution is 2.23. The van der Waals surface area contributed by atoms with Gasteiger partial charge in [-0.2, -0.15) is 0 Å². The Labute approximate surface area is 179 Å². The SMILES string of the molecule is CCc1ccc(-c2nc(CS(=O)CC(=O)CCCc3ccc(F)cc3)c(C)o2)cc1. The number of ketones is 1. The predicted octanol–water partition coefficient (Wildman–Crippen LogP) is 5.19. The second-order valence-electron chi connectivity index (χ2n) is 7.32. The van der Waals surface area contributed by atoms with Crippen LogP contribution in [0.25, 0.3) is 11.5 Å². The van der Waals surface area contributed by atoms with Gasteiger partial charge in [0.05, 0.1) is 17.2 Å². The van der Waals surface area contributed by atoms with Crippen LogP contribution in [0.2, 0.25) is 0 Å². The molecule has 0 aliphatic heterocycles. The Morgan fingerprint density at radius 1 is 1.07 bits per heavy atom. The van der Waals surface area contributed by atoms with Crippen LogP contribution in [-0.2, 0) is 34.2 Å². The Kier molecular flexibility index (Phi) is 7.69. The van der Waals surface area contributed by atoms with Gasteiger partial charge in [-0.3, -0.25) is 9.00 Å². The average Bonchev–Trinajstić information content (AvgIpc) is 3.09. The molecule has 0 amide bonds. The molecule has 1 atom stereocenters. The monoisotopic (exact) mass is 427 g/mol. The Bertz CT molecular complexity index is 1010. The van der Waals surface area contributed by atoms with Crippen LogP contribution >= 0.6 is 0 Å². The minimum absolute atomic E-state index is 0.0102. The molecule has 0 aliphatic carbocycles. The topological polar surface area (TPSA) is 60.2 Å². The first-order valence-corrected chi connectivity index (χ1v) is 11.6. The first-order valence-electron chi connectivity index (χ1n) is 10.1. The van der Waals surface area contributed by atoms with Gasteiger partial charge in [0.2, 0.25) is 5.89 Å². The molecule has 1 unspecified atom stereocenters. The van der Waals surface area contributed by atoms with Crippen LogP contribution in [0.5, 0.6) is 0 Å².